The van der Waals surface area contributed by atoms with Crippen molar-refractivity contribution in [1.82, 2.24) is 20.5 Å². The Morgan fingerprint density at radius 2 is 2.06 bits per heavy atom. The maximum absolute atomic E-state index is 13.0. The number of thioether (sulfide) groups is 1. The summed E-state index contributed by atoms with van der Waals surface area (Å²) in [5.41, 5.74) is -0.647. The van der Waals surface area contributed by atoms with E-state index in [2.05, 4.69) is 15.6 Å². The number of amides is 3. The second-order valence-electron chi connectivity index (χ2n) is 7.36. The molecular formula is C20H18N4O7S. The monoisotopic (exact) mass is 458 g/mol. The van der Waals surface area contributed by atoms with Gasteiger partial charge in [-0.1, -0.05) is 6.07 Å². The van der Waals surface area contributed by atoms with Gasteiger partial charge in [0.25, 0.3) is 5.91 Å². The molecule has 2 aliphatic rings. The number of aromatic amines is 1. The number of rotatable bonds is 5. The molecule has 5 N–H and O–H groups in total. The largest absolute Gasteiger partial charge is 0.503 e. The van der Waals surface area contributed by atoms with Crippen molar-refractivity contribution in [3.05, 3.63) is 52.0 Å². The number of carbonyl (C=O) groups is 4. The quantitative estimate of drug-likeness (QED) is 0.392. The van der Waals surface area contributed by atoms with E-state index in [0.29, 0.717) is 5.52 Å². The van der Waals surface area contributed by atoms with Gasteiger partial charge in [-0.05, 0) is 18.2 Å². The molecule has 4 rings (SSSR count). The number of pyridine rings is 1. The fraction of sp³-hybridized carbons (Fsp3) is 0.250. The average molecular weight is 458 g/mol. The molecule has 0 aliphatic carbocycles. The molecule has 1 unspecified atom stereocenters. The summed E-state index contributed by atoms with van der Waals surface area (Å²) in [6, 6.07) is 4.55. The van der Waals surface area contributed by atoms with E-state index in [9.17, 15) is 34.2 Å². The molecule has 1 aromatic carbocycles. The van der Waals surface area contributed by atoms with Crippen LogP contribution < -0.4 is 16.1 Å². The normalized spacial score (nSPS) is 21.9. The number of aliphatic carboxylic acids is 1. The lowest BCUT2D eigenvalue weighted by molar-refractivity contribution is -0.146. The molecule has 0 saturated carbocycles. The van der Waals surface area contributed by atoms with E-state index in [1.807, 2.05) is 0 Å². The van der Waals surface area contributed by atoms with Crippen LogP contribution in [0.4, 0.5) is 0 Å². The van der Waals surface area contributed by atoms with Gasteiger partial charge in [0, 0.05) is 13.1 Å². The molecule has 1 aromatic heterocycles. The fourth-order valence-electron chi connectivity index (χ4n) is 3.76. The Morgan fingerprint density at radius 3 is 2.72 bits per heavy atom. The zero-order chi connectivity index (χ0) is 23.2. The molecule has 0 bridgehead atoms. The highest BCUT2D eigenvalue weighted by molar-refractivity contribution is 8.01. The highest BCUT2D eigenvalue weighted by Gasteiger charge is 2.51. The summed E-state index contributed by atoms with van der Waals surface area (Å²) in [5.74, 6) is -3.33. The lowest BCUT2D eigenvalue weighted by Gasteiger charge is -2.48. The lowest BCUT2D eigenvalue weighted by atomic mass is 10.1. The Balaban J connectivity index is 1.68. The van der Waals surface area contributed by atoms with E-state index in [-0.39, 0.29) is 35.5 Å². The van der Waals surface area contributed by atoms with Crippen LogP contribution in [0.2, 0.25) is 0 Å². The van der Waals surface area contributed by atoms with E-state index >= 15 is 0 Å². The first-order valence-corrected chi connectivity index (χ1v) is 10.4. The summed E-state index contributed by atoms with van der Waals surface area (Å²) in [5, 5.41) is 24.1. The fourth-order valence-corrected chi connectivity index (χ4v) is 5.34. The molecule has 3 amide bonds. The molecule has 11 nitrogen and oxygen atoms in total. The third-order valence-corrected chi connectivity index (χ3v) is 6.57. The van der Waals surface area contributed by atoms with Gasteiger partial charge in [-0.15, -0.1) is 11.8 Å². The number of H-pyrrole nitrogens is 1. The first-order chi connectivity index (χ1) is 15.1. The minimum Gasteiger partial charge on any atom is -0.503 e. The zero-order valence-corrected chi connectivity index (χ0v) is 17.5. The number of β-lactam (4-membered cyclic amide) rings is 1. The van der Waals surface area contributed by atoms with Crippen molar-refractivity contribution in [2.24, 2.45) is 0 Å². The molecule has 0 radical (unpaired) electrons. The van der Waals surface area contributed by atoms with Crippen molar-refractivity contribution in [3.63, 3.8) is 0 Å². The number of nitrogens with zero attached hydrogens (tertiary/aromatic N) is 1. The number of carboxylic acids is 1. The van der Waals surface area contributed by atoms with Crippen molar-refractivity contribution >= 4 is 46.4 Å². The van der Waals surface area contributed by atoms with Crippen molar-refractivity contribution in [1.29, 1.82) is 0 Å². The van der Waals surface area contributed by atoms with E-state index in [1.165, 1.54) is 19.1 Å². The summed E-state index contributed by atoms with van der Waals surface area (Å²) in [6.07, 6.45) is 2.46. The van der Waals surface area contributed by atoms with Gasteiger partial charge in [0.15, 0.2) is 5.75 Å². The Labute approximate surface area is 184 Å². The van der Waals surface area contributed by atoms with Crippen molar-refractivity contribution in [2.75, 3.05) is 6.54 Å². The number of nitrogens with one attached hydrogen (secondary N) is 3. The second-order valence-corrected chi connectivity index (χ2v) is 8.87. The number of fused-ring (bicyclic) bond motifs is 2. The van der Waals surface area contributed by atoms with E-state index in [0.717, 1.165) is 22.9 Å². The number of carboxylic acid groups (broad SMARTS) is 1. The van der Waals surface area contributed by atoms with Crippen molar-refractivity contribution < 1.29 is 29.4 Å². The van der Waals surface area contributed by atoms with Crippen molar-refractivity contribution in [3.8, 4) is 5.75 Å². The topological polar surface area (TPSA) is 169 Å². The molecule has 166 valence electrons. The zero-order valence-electron chi connectivity index (χ0n) is 16.7. The van der Waals surface area contributed by atoms with Gasteiger partial charge >= 0.3 is 5.97 Å². The third-order valence-electron chi connectivity index (χ3n) is 5.13. The van der Waals surface area contributed by atoms with Gasteiger partial charge in [0.05, 0.1) is 34.8 Å². The van der Waals surface area contributed by atoms with Crippen LogP contribution in [-0.4, -0.2) is 60.6 Å². The van der Waals surface area contributed by atoms with Gasteiger partial charge < -0.3 is 25.8 Å². The smallest absolute Gasteiger partial charge is 0.352 e. The number of hydrogen-bond acceptors (Lipinski definition) is 7. The van der Waals surface area contributed by atoms with Crippen LogP contribution in [0.3, 0.4) is 0 Å². The number of carbonyl (C=O) groups excluding carboxylic acids is 3. The minimum absolute atomic E-state index is 0.00122. The predicted octanol–water partition coefficient (Wildman–Crippen LogP) is 0.0696. The molecule has 1 fully saturated rings. The van der Waals surface area contributed by atoms with Gasteiger partial charge in [-0.25, -0.2) is 4.79 Å². The average Bonchev–Trinajstić information content (AvgIpc) is 2.72. The Bertz CT molecular complexity index is 1270. The molecule has 2 aliphatic heterocycles. The van der Waals surface area contributed by atoms with Gasteiger partial charge in [0.1, 0.15) is 10.6 Å². The number of aromatic nitrogens is 1. The lowest BCUT2D eigenvalue weighted by Crippen LogP contribution is -2.62. The summed E-state index contributed by atoms with van der Waals surface area (Å²) < 4.78 is 0. The second kappa shape index (κ2) is 7.71. The van der Waals surface area contributed by atoms with E-state index < -0.39 is 39.2 Å². The maximum atomic E-state index is 13.0. The van der Waals surface area contributed by atoms with Gasteiger partial charge in [0.2, 0.25) is 17.2 Å². The van der Waals surface area contributed by atoms with Crippen molar-refractivity contribution in [2.45, 2.75) is 23.6 Å². The molecule has 0 spiro atoms. The molecule has 1 saturated heterocycles. The molecule has 32 heavy (non-hydrogen) atoms. The molecule has 2 atom stereocenters. The Morgan fingerprint density at radius 1 is 1.31 bits per heavy atom. The van der Waals surface area contributed by atoms with Crippen LogP contribution in [0.15, 0.2) is 41.0 Å². The molecule has 3 heterocycles. The Hall–Kier alpha value is -3.80. The summed E-state index contributed by atoms with van der Waals surface area (Å²) in [6.45, 7) is 1.04. The number of benzene rings is 1. The maximum Gasteiger partial charge on any atom is 0.352 e. The van der Waals surface area contributed by atoms with Crippen LogP contribution in [0.1, 0.15) is 23.7 Å². The molecule has 12 heteroatoms. The minimum atomic E-state index is -1.33. The van der Waals surface area contributed by atoms with E-state index in [4.69, 9.17) is 0 Å². The highest BCUT2D eigenvalue weighted by atomic mass is 32.2. The highest BCUT2D eigenvalue weighted by Crippen LogP contribution is 2.45. The SMILES string of the molecule is CC(=O)NC1(CNC(=O)c2cccc3[nH]cc(O)c(=O)c23)C=C(C(=O)O)N2C(=O)C[C@H]2S1. The molecular weight excluding hydrogens is 440 g/mol. The van der Waals surface area contributed by atoms with Crippen LogP contribution >= 0.6 is 11.8 Å². The standard InChI is InChI=1S/C20H18N4O7S/c1-9(25)23-20(6-12(19(30)31)24-14(27)5-15(24)32-20)8-22-18(29)10-3-2-4-11-16(10)17(28)13(26)7-21-11/h2-4,6-7,15,26H,5,8H2,1H3,(H,21,28)(H,22,29)(H,23,25)(H,30,31)/t15-,20?/m1/s1. The Kier molecular flexibility index (Phi) is 5.17. The summed E-state index contributed by atoms with van der Waals surface area (Å²) >= 11 is 1.14. The number of hydrogen-bond donors (Lipinski definition) is 5. The van der Waals surface area contributed by atoms with Crippen LogP contribution in [0.5, 0.6) is 5.75 Å². The van der Waals surface area contributed by atoms with E-state index in [1.54, 1.807) is 12.1 Å². The van der Waals surface area contributed by atoms with Gasteiger partial charge in [-0.2, -0.15) is 0 Å². The summed E-state index contributed by atoms with van der Waals surface area (Å²) in [7, 11) is 0. The van der Waals surface area contributed by atoms with Crippen LogP contribution in [0, 0.1) is 0 Å². The van der Waals surface area contributed by atoms with Crippen LogP contribution in [0.25, 0.3) is 10.9 Å². The predicted molar refractivity (Wildman–Crippen MR) is 114 cm³/mol. The first-order valence-electron chi connectivity index (χ1n) is 9.48. The van der Waals surface area contributed by atoms with Gasteiger partial charge in [-0.3, -0.25) is 24.1 Å². The first kappa shape index (κ1) is 21.4. The number of aromatic hydroxyl groups is 1. The summed E-state index contributed by atoms with van der Waals surface area (Å²) in [4.78, 5) is 63.3. The van der Waals surface area contributed by atoms with Crippen LogP contribution in [-0.2, 0) is 14.4 Å². The molecule has 2 aromatic rings. The third kappa shape index (κ3) is 3.58.